The molecular formula is C11H15NO2. The molecule has 0 fully saturated rings. The maximum Gasteiger partial charge on any atom is 0.164 e. The van der Waals surface area contributed by atoms with Crippen molar-refractivity contribution in [3.8, 4) is 11.5 Å². The van der Waals surface area contributed by atoms with E-state index in [0.717, 1.165) is 24.8 Å². The molecule has 0 radical (unpaired) electrons. The van der Waals surface area contributed by atoms with Crippen molar-refractivity contribution < 1.29 is 9.84 Å². The molecule has 1 aliphatic rings. The Kier molecular flexibility index (Phi) is 2.59. The molecule has 76 valence electrons. The van der Waals surface area contributed by atoms with Crippen LogP contribution in [0.4, 0.5) is 0 Å². The molecule has 1 aromatic rings. The highest BCUT2D eigenvalue weighted by Crippen LogP contribution is 2.37. The molecule has 2 rings (SSSR count). The highest BCUT2D eigenvalue weighted by molar-refractivity contribution is 5.48. The van der Waals surface area contributed by atoms with Crippen LogP contribution in [0.2, 0.25) is 0 Å². The Balaban J connectivity index is 2.06. The van der Waals surface area contributed by atoms with Crippen molar-refractivity contribution in [1.82, 2.24) is 0 Å². The van der Waals surface area contributed by atoms with E-state index in [1.165, 1.54) is 0 Å². The van der Waals surface area contributed by atoms with Crippen molar-refractivity contribution >= 4 is 0 Å². The number of hydrogen-bond donors (Lipinski definition) is 2. The molecule has 3 nitrogen and oxygen atoms in total. The number of rotatable bonds is 3. The molecule has 0 bridgehead atoms. The molecule has 14 heavy (non-hydrogen) atoms. The largest absolute Gasteiger partial charge is 0.504 e. The highest BCUT2D eigenvalue weighted by atomic mass is 16.5. The first-order chi connectivity index (χ1) is 6.81. The van der Waals surface area contributed by atoms with Gasteiger partial charge in [-0.3, -0.25) is 0 Å². The van der Waals surface area contributed by atoms with Gasteiger partial charge in [-0.05, 0) is 25.5 Å². The molecule has 1 aliphatic heterocycles. The van der Waals surface area contributed by atoms with Crippen LogP contribution in [0.5, 0.6) is 11.5 Å². The third-order valence-electron chi connectivity index (χ3n) is 2.54. The summed E-state index contributed by atoms with van der Waals surface area (Å²) < 4.78 is 5.63. The summed E-state index contributed by atoms with van der Waals surface area (Å²) in [5.74, 6) is 0.910. The summed E-state index contributed by atoms with van der Waals surface area (Å²) in [4.78, 5) is 0. The Morgan fingerprint density at radius 2 is 2.36 bits per heavy atom. The van der Waals surface area contributed by atoms with Crippen LogP contribution in [-0.2, 0) is 6.42 Å². The fourth-order valence-electron chi connectivity index (χ4n) is 1.83. The number of phenolic OH excluding ortho intramolecular Hbond substituents is 1. The molecule has 1 atom stereocenters. The van der Waals surface area contributed by atoms with Gasteiger partial charge in [0.2, 0.25) is 0 Å². The van der Waals surface area contributed by atoms with Crippen molar-refractivity contribution in [3.63, 3.8) is 0 Å². The zero-order valence-corrected chi connectivity index (χ0v) is 8.07. The molecule has 0 spiro atoms. The molecule has 0 aliphatic carbocycles. The number of ether oxygens (including phenoxy) is 1. The third-order valence-corrected chi connectivity index (χ3v) is 2.54. The van der Waals surface area contributed by atoms with Gasteiger partial charge in [-0.25, -0.2) is 0 Å². The summed E-state index contributed by atoms with van der Waals surface area (Å²) >= 11 is 0. The van der Waals surface area contributed by atoms with Crippen molar-refractivity contribution in [3.05, 3.63) is 23.8 Å². The zero-order chi connectivity index (χ0) is 9.97. The van der Waals surface area contributed by atoms with Crippen molar-refractivity contribution in [2.45, 2.75) is 25.4 Å². The van der Waals surface area contributed by atoms with Gasteiger partial charge < -0.3 is 15.6 Å². The number of aromatic hydroxyl groups is 1. The van der Waals surface area contributed by atoms with Crippen LogP contribution in [-0.4, -0.2) is 17.8 Å². The summed E-state index contributed by atoms with van der Waals surface area (Å²) in [5.41, 5.74) is 6.54. The SMILES string of the molecule is NCCCC1Cc2cccc(O)c2O1. The minimum atomic E-state index is 0.196. The lowest BCUT2D eigenvalue weighted by atomic mass is 10.1. The Hall–Kier alpha value is -1.22. The molecule has 3 heteroatoms. The van der Waals surface area contributed by atoms with E-state index in [-0.39, 0.29) is 11.9 Å². The highest BCUT2D eigenvalue weighted by Gasteiger charge is 2.24. The van der Waals surface area contributed by atoms with Crippen LogP contribution < -0.4 is 10.5 Å². The Morgan fingerprint density at radius 1 is 1.50 bits per heavy atom. The first-order valence-corrected chi connectivity index (χ1v) is 4.99. The number of nitrogens with two attached hydrogens (primary N) is 1. The molecule has 0 aromatic heterocycles. The van der Waals surface area contributed by atoms with E-state index in [0.29, 0.717) is 12.3 Å². The van der Waals surface area contributed by atoms with Gasteiger partial charge in [0, 0.05) is 12.0 Å². The maximum atomic E-state index is 9.52. The maximum absolute atomic E-state index is 9.52. The molecule has 3 N–H and O–H groups in total. The predicted octanol–water partition coefficient (Wildman–Crippen LogP) is 1.43. The number of hydrogen-bond acceptors (Lipinski definition) is 3. The summed E-state index contributed by atoms with van der Waals surface area (Å²) in [6, 6.07) is 5.50. The van der Waals surface area contributed by atoms with Crippen LogP contribution in [0.25, 0.3) is 0 Å². The van der Waals surface area contributed by atoms with Gasteiger partial charge in [-0.2, -0.15) is 0 Å². The van der Waals surface area contributed by atoms with Crippen LogP contribution in [0, 0.1) is 0 Å². The number of benzene rings is 1. The number of para-hydroxylation sites is 1. The van der Waals surface area contributed by atoms with E-state index >= 15 is 0 Å². The lowest BCUT2D eigenvalue weighted by Gasteiger charge is -2.09. The fraction of sp³-hybridized carbons (Fsp3) is 0.455. The molecule has 0 amide bonds. The van der Waals surface area contributed by atoms with Crippen LogP contribution in [0.1, 0.15) is 18.4 Å². The monoisotopic (exact) mass is 193 g/mol. The van der Waals surface area contributed by atoms with Gasteiger partial charge in [0.25, 0.3) is 0 Å². The second-order valence-corrected chi connectivity index (χ2v) is 3.64. The lowest BCUT2D eigenvalue weighted by molar-refractivity contribution is 0.212. The van der Waals surface area contributed by atoms with Gasteiger partial charge in [0.05, 0.1) is 0 Å². The summed E-state index contributed by atoms with van der Waals surface area (Å²) in [5, 5.41) is 9.52. The Bertz CT molecular complexity index is 325. The van der Waals surface area contributed by atoms with E-state index in [1.807, 2.05) is 12.1 Å². The summed E-state index contributed by atoms with van der Waals surface area (Å²) in [6.07, 6.45) is 3.02. The van der Waals surface area contributed by atoms with Crippen LogP contribution >= 0.6 is 0 Å². The minimum Gasteiger partial charge on any atom is -0.504 e. The van der Waals surface area contributed by atoms with Gasteiger partial charge in [0.1, 0.15) is 6.10 Å². The molecule has 0 saturated heterocycles. The van der Waals surface area contributed by atoms with E-state index in [9.17, 15) is 5.11 Å². The van der Waals surface area contributed by atoms with Crippen molar-refractivity contribution in [2.24, 2.45) is 5.73 Å². The summed E-state index contributed by atoms with van der Waals surface area (Å²) in [6.45, 7) is 0.697. The molecular weight excluding hydrogens is 178 g/mol. The first-order valence-electron chi connectivity index (χ1n) is 4.99. The van der Waals surface area contributed by atoms with Gasteiger partial charge >= 0.3 is 0 Å². The summed E-state index contributed by atoms with van der Waals surface area (Å²) in [7, 11) is 0. The van der Waals surface area contributed by atoms with Crippen molar-refractivity contribution in [1.29, 1.82) is 0 Å². The lowest BCUT2D eigenvalue weighted by Crippen LogP contribution is -2.14. The van der Waals surface area contributed by atoms with E-state index < -0.39 is 0 Å². The molecule has 1 heterocycles. The second kappa shape index (κ2) is 3.88. The zero-order valence-electron chi connectivity index (χ0n) is 8.07. The fourth-order valence-corrected chi connectivity index (χ4v) is 1.83. The average Bonchev–Trinajstić information content (AvgIpc) is 2.59. The van der Waals surface area contributed by atoms with E-state index in [2.05, 4.69) is 0 Å². The van der Waals surface area contributed by atoms with E-state index in [1.54, 1.807) is 6.07 Å². The quantitative estimate of drug-likeness (QED) is 0.763. The minimum absolute atomic E-state index is 0.196. The predicted molar refractivity (Wildman–Crippen MR) is 54.5 cm³/mol. The van der Waals surface area contributed by atoms with Gasteiger partial charge in [0.15, 0.2) is 11.5 Å². The Labute approximate surface area is 83.5 Å². The number of phenols is 1. The van der Waals surface area contributed by atoms with Gasteiger partial charge in [-0.1, -0.05) is 12.1 Å². The first kappa shape index (κ1) is 9.34. The number of fused-ring (bicyclic) bond motifs is 1. The smallest absolute Gasteiger partial charge is 0.164 e. The second-order valence-electron chi connectivity index (χ2n) is 3.64. The van der Waals surface area contributed by atoms with Crippen LogP contribution in [0.3, 0.4) is 0 Å². The standard InChI is InChI=1S/C11H15NO2/c12-6-2-4-9-7-8-3-1-5-10(13)11(8)14-9/h1,3,5,9,13H,2,4,6-7,12H2. The van der Waals surface area contributed by atoms with Gasteiger partial charge in [-0.15, -0.1) is 0 Å². The van der Waals surface area contributed by atoms with E-state index in [4.69, 9.17) is 10.5 Å². The molecule has 1 unspecified atom stereocenters. The third kappa shape index (κ3) is 1.68. The van der Waals surface area contributed by atoms with Crippen LogP contribution in [0.15, 0.2) is 18.2 Å². The average molecular weight is 193 g/mol. The normalized spacial score (nSPS) is 19.1. The topological polar surface area (TPSA) is 55.5 Å². The molecule has 1 aromatic carbocycles. The van der Waals surface area contributed by atoms with Crippen molar-refractivity contribution in [2.75, 3.05) is 6.54 Å². The Morgan fingerprint density at radius 3 is 3.07 bits per heavy atom. The molecule has 0 saturated carbocycles.